The Kier molecular flexibility index (Phi) is 7.41. The van der Waals surface area contributed by atoms with Gasteiger partial charge in [0.1, 0.15) is 11.7 Å². The maximum atomic E-state index is 15.0. The van der Waals surface area contributed by atoms with Crippen LogP contribution in [-0.2, 0) is 25.5 Å². The van der Waals surface area contributed by atoms with E-state index in [2.05, 4.69) is 15.0 Å². The molecule has 5 rings (SSSR count). The summed E-state index contributed by atoms with van der Waals surface area (Å²) < 4.78 is 27.7. The number of carboxylic acid groups (broad SMARTS) is 2. The van der Waals surface area contributed by atoms with Gasteiger partial charge in [0.15, 0.2) is 17.7 Å². The summed E-state index contributed by atoms with van der Waals surface area (Å²) in [7, 11) is 0. The van der Waals surface area contributed by atoms with Crippen LogP contribution in [0.4, 0.5) is 10.2 Å². The van der Waals surface area contributed by atoms with E-state index in [9.17, 15) is 19.8 Å². The second-order valence-corrected chi connectivity index (χ2v) is 9.93. The molecule has 208 valence electrons. The van der Waals surface area contributed by atoms with Gasteiger partial charge in [-0.15, -0.1) is 0 Å². The maximum Gasteiger partial charge on any atom is 0.348 e. The first-order chi connectivity index (χ1) is 19.1. The van der Waals surface area contributed by atoms with Crippen molar-refractivity contribution in [3.63, 3.8) is 0 Å². The average Bonchev–Trinajstić information content (AvgIpc) is 3.50. The van der Waals surface area contributed by atoms with Gasteiger partial charge in [0, 0.05) is 12.8 Å². The lowest BCUT2D eigenvalue weighted by atomic mass is 9.92. The van der Waals surface area contributed by atoms with Crippen LogP contribution >= 0.6 is 11.6 Å². The van der Waals surface area contributed by atoms with Crippen LogP contribution in [-0.4, -0.2) is 66.2 Å². The molecule has 0 amide bonds. The Morgan fingerprint density at radius 2 is 1.75 bits per heavy atom. The van der Waals surface area contributed by atoms with Crippen LogP contribution in [0.15, 0.2) is 54.9 Å². The Morgan fingerprint density at radius 1 is 1.12 bits per heavy atom. The molecule has 1 aliphatic heterocycles. The third-order valence-corrected chi connectivity index (χ3v) is 6.99. The monoisotopic (exact) mass is 569 g/mol. The van der Waals surface area contributed by atoms with Crippen molar-refractivity contribution in [3.05, 3.63) is 71.3 Å². The summed E-state index contributed by atoms with van der Waals surface area (Å²) in [4.78, 5) is 36.4. The number of aromatic nitrogens is 4. The van der Waals surface area contributed by atoms with E-state index in [4.69, 9.17) is 26.8 Å². The third-order valence-electron chi connectivity index (χ3n) is 6.82. The summed E-state index contributed by atoms with van der Waals surface area (Å²) in [5, 5.41) is 19.7. The van der Waals surface area contributed by atoms with Gasteiger partial charge in [0.05, 0.1) is 19.0 Å². The number of nitrogens with two attached hydrogens (primary N) is 1. The molecule has 1 aliphatic rings. The van der Waals surface area contributed by atoms with Crippen LogP contribution in [0.3, 0.4) is 0 Å². The summed E-state index contributed by atoms with van der Waals surface area (Å²) in [6.07, 6.45) is -3.05. The molecule has 0 radical (unpaired) electrons. The number of ether oxygens (including phenoxy) is 2. The van der Waals surface area contributed by atoms with E-state index in [1.165, 1.54) is 10.9 Å². The molecule has 1 saturated heterocycles. The number of halogens is 2. The van der Waals surface area contributed by atoms with E-state index < -0.39 is 49.1 Å². The smallest absolute Gasteiger partial charge is 0.348 e. The van der Waals surface area contributed by atoms with Crippen molar-refractivity contribution in [1.82, 2.24) is 19.5 Å². The summed E-state index contributed by atoms with van der Waals surface area (Å²) in [6.45, 7) is 1.50. The Balaban J connectivity index is 1.31. The molecular weight excluding hydrogens is 545 g/mol. The van der Waals surface area contributed by atoms with Crippen molar-refractivity contribution >= 4 is 40.5 Å². The molecule has 0 aliphatic carbocycles. The number of rotatable bonds is 9. The largest absolute Gasteiger partial charge is 0.479 e. The standard InChI is InChI=1S/C27H25ClFN5O6/c1-14-2-6-16(7-3-14)17-8-4-15(5-9-17)11-27(24(35)36,25(37)38)39-12-18-10-19(29)23(40-18)34-13-31-20-21(30)32-26(28)33-22(20)34/h2-9,13,18-19,23H,10-12H2,1H3,(H,35,36)(H,37,38)(H2,30,32,33). The quantitative estimate of drug-likeness (QED) is 0.199. The van der Waals surface area contributed by atoms with Crippen LogP contribution in [0.1, 0.15) is 23.8 Å². The van der Waals surface area contributed by atoms with Crippen LogP contribution in [0.2, 0.25) is 5.28 Å². The number of carboxylic acids is 2. The number of alkyl halides is 1. The molecule has 2 aromatic heterocycles. The number of benzene rings is 2. The molecule has 2 aromatic carbocycles. The molecular formula is C27H25ClFN5O6. The lowest BCUT2D eigenvalue weighted by Gasteiger charge is -2.27. The first-order valence-corrected chi connectivity index (χ1v) is 12.7. The fourth-order valence-corrected chi connectivity index (χ4v) is 4.82. The van der Waals surface area contributed by atoms with Gasteiger partial charge in [0.25, 0.3) is 5.60 Å². The van der Waals surface area contributed by atoms with E-state index in [1.807, 2.05) is 31.2 Å². The first kappa shape index (κ1) is 27.4. The van der Waals surface area contributed by atoms with E-state index >= 15 is 4.39 Å². The summed E-state index contributed by atoms with van der Waals surface area (Å²) >= 11 is 5.89. The second kappa shape index (κ2) is 10.8. The fraction of sp³-hybridized carbons (Fsp3) is 0.296. The Bertz CT molecular complexity index is 1550. The van der Waals surface area contributed by atoms with Crippen LogP contribution in [0.5, 0.6) is 0 Å². The van der Waals surface area contributed by atoms with Gasteiger partial charge in [-0.3, -0.25) is 4.57 Å². The molecule has 40 heavy (non-hydrogen) atoms. The van der Waals surface area contributed by atoms with Gasteiger partial charge in [-0.1, -0.05) is 54.1 Å². The van der Waals surface area contributed by atoms with Crippen LogP contribution in [0.25, 0.3) is 22.3 Å². The highest BCUT2D eigenvalue weighted by Crippen LogP contribution is 2.35. The second-order valence-electron chi connectivity index (χ2n) is 9.59. The molecule has 0 saturated carbocycles. The van der Waals surface area contributed by atoms with Crippen molar-refractivity contribution in [2.24, 2.45) is 0 Å². The predicted molar refractivity (Wildman–Crippen MR) is 142 cm³/mol. The third kappa shape index (κ3) is 5.20. The minimum Gasteiger partial charge on any atom is -0.479 e. The summed E-state index contributed by atoms with van der Waals surface area (Å²) in [6, 6.07) is 14.7. The van der Waals surface area contributed by atoms with Gasteiger partial charge in [-0.05, 0) is 35.2 Å². The summed E-state index contributed by atoms with van der Waals surface area (Å²) in [5.41, 5.74) is 6.97. The molecule has 0 bridgehead atoms. The molecule has 4 aromatic rings. The summed E-state index contributed by atoms with van der Waals surface area (Å²) in [5.74, 6) is -3.35. The zero-order chi connectivity index (χ0) is 28.6. The fourth-order valence-electron chi connectivity index (χ4n) is 4.65. The van der Waals surface area contributed by atoms with Crippen molar-refractivity contribution in [2.45, 2.75) is 43.9 Å². The molecule has 3 atom stereocenters. The van der Waals surface area contributed by atoms with Gasteiger partial charge in [0.2, 0.25) is 5.28 Å². The number of nitrogens with zero attached hydrogens (tertiary/aromatic N) is 4. The first-order valence-electron chi connectivity index (χ1n) is 12.3. The number of aliphatic carboxylic acids is 2. The highest BCUT2D eigenvalue weighted by Gasteiger charge is 2.50. The number of hydrogen-bond donors (Lipinski definition) is 3. The SMILES string of the molecule is Cc1ccc(-c2ccc(CC(OCC3CC(F)C(n4cnc5c(N)nc(Cl)nc54)O3)(C(=O)O)C(=O)O)cc2)cc1. The molecule has 3 unspecified atom stereocenters. The van der Waals surface area contributed by atoms with E-state index in [0.29, 0.717) is 5.56 Å². The van der Waals surface area contributed by atoms with Gasteiger partial charge < -0.3 is 25.4 Å². The highest BCUT2D eigenvalue weighted by molar-refractivity contribution is 6.28. The van der Waals surface area contributed by atoms with Gasteiger partial charge in [-0.25, -0.2) is 19.0 Å². The maximum absolute atomic E-state index is 15.0. The normalized spacial score (nSPS) is 19.2. The predicted octanol–water partition coefficient (Wildman–Crippen LogP) is 3.83. The number of nitrogen functional groups attached to an aromatic ring is 1. The number of carbonyl (C=O) groups is 2. The number of imidazole rings is 1. The molecule has 1 fully saturated rings. The lowest BCUT2D eigenvalue weighted by Crippen LogP contribution is -2.52. The minimum absolute atomic E-state index is 0.0154. The minimum atomic E-state index is -2.62. The molecule has 13 heteroatoms. The Hall–Kier alpha value is -4.13. The highest BCUT2D eigenvalue weighted by atomic mass is 35.5. The number of aryl methyl sites for hydroxylation is 1. The Labute approximate surface area is 232 Å². The molecule has 3 heterocycles. The van der Waals surface area contributed by atoms with E-state index in [0.717, 1.165) is 16.7 Å². The van der Waals surface area contributed by atoms with E-state index in [-0.39, 0.29) is 28.7 Å². The number of hydrogen-bond acceptors (Lipinski definition) is 8. The van der Waals surface area contributed by atoms with Crippen LogP contribution < -0.4 is 5.73 Å². The lowest BCUT2D eigenvalue weighted by molar-refractivity contribution is -0.188. The number of fused-ring (bicyclic) bond motifs is 1. The van der Waals surface area contributed by atoms with Gasteiger partial charge >= 0.3 is 11.9 Å². The van der Waals surface area contributed by atoms with Crippen molar-refractivity contribution in [1.29, 1.82) is 0 Å². The van der Waals surface area contributed by atoms with Crippen molar-refractivity contribution < 1.29 is 33.7 Å². The Morgan fingerprint density at radius 3 is 2.38 bits per heavy atom. The van der Waals surface area contributed by atoms with Crippen molar-refractivity contribution in [2.75, 3.05) is 12.3 Å². The average molecular weight is 570 g/mol. The van der Waals surface area contributed by atoms with Gasteiger partial charge in [-0.2, -0.15) is 9.97 Å². The molecule has 11 nitrogen and oxygen atoms in total. The van der Waals surface area contributed by atoms with E-state index in [1.54, 1.807) is 24.3 Å². The zero-order valence-corrected chi connectivity index (χ0v) is 22.0. The zero-order valence-electron chi connectivity index (χ0n) is 21.2. The van der Waals surface area contributed by atoms with Crippen LogP contribution in [0, 0.1) is 6.92 Å². The molecule has 0 spiro atoms. The van der Waals surface area contributed by atoms with Crippen molar-refractivity contribution in [3.8, 4) is 11.1 Å². The topological polar surface area (TPSA) is 163 Å². The molecule has 4 N–H and O–H groups in total. The number of anilines is 1.